The summed E-state index contributed by atoms with van der Waals surface area (Å²) in [6.45, 7) is 1.20. The summed E-state index contributed by atoms with van der Waals surface area (Å²) in [4.78, 5) is 31.7. The maximum absolute atomic E-state index is 13.3. The van der Waals surface area contributed by atoms with Crippen molar-refractivity contribution in [2.24, 2.45) is 0 Å². The highest BCUT2D eigenvalue weighted by molar-refractivity contribution is 6.50. The molecule has 2 amide bonds. The first-order chi connectivity index (χ1) is 19.4. The molecule has 6 rings (SSSR count). The quantitative estimate of drug-likeness (QED) is 0.246. The number of nitrogens with one attached hydrogen (secondary N) is 2. The van der Waals surface area contributed by atoms with Crippen LogP contribution in [-0.4, -0.2) is 58.1 Å². The number of hydrogen-bond acceptors (Lipinski definition) is 5. The Morgan fingerprint density at radius 2 is 1.62 bits per heavy atom. The van der Waals surface area contributed by atoms with Crippen molar-refractivity contribution >= 4 is 44.8 Å². The van der Waals surface area contributed by atoms with Crippen LogP contribution in [0.4, 0.5) is 0 Å². The van der Waals surface area contributed by atoms with E-state index in [0.29, 0.717) is 47.7 Å². The van der Waals surface area contributed by atoms with Gasteiger partial charge in [0.1, 0.15) is 12.4 Å². The lowest BCUT2D eigenvalue weighted by Gasteiger charge is -2.17. The minimum Gasteiger partial charge on any atom is -0.489 e. The van der Waals surface area contributed by atoms with Gasteiger partial charge in [-0.25, -0.2) is 0 Å². The highest BCUT2D eigenvalue weighted by atomic mass is 16.5. The molecule has 8 heteroatoms. The van der Waals surface area contributed by atoms with Gasteiger partial charge in [0, 0.05) is 58.4 Å². The van der Waals surface area contributed by atoms with Gasteiger partial charge < -0.3 is 24.3 Å². The maximum Gasteiger partial charge on any atom is 0.259 e. The molecule has 8 nitrogen and oxygen atoms in total. The average Bonchev–Trinajstić information content (AvgIpc) is 3.60. The third-order valence-electron chi connectivity index (χ3n) is 7.14. The second kappa shape index (κ2) is 10.5. The number of benzene rings is 3. The van der Waals surface area contributed by atoms with E-state index in [0.717, 1.165) is 27.4 Å². The van der Waals surface area contributed by atoms with Gasteiger partial charge in [0.05, 0.1) is 17.3 Å². The van der Waals surface area contributed by atoms with Crippen LogP contribution in [0.15, 0.2) is 85.2 Å². The maximum atomic E-state index is 13.3. The zero-order chi connectivity index (χ0) is 27.8. The number of aliphatic hydroxyl groups is 1. The number of ether oxygens (including phenoxy) is 1. The summed E-state index contributed by atoms with van der Waals surface area (Å²) in [7, 11) is 3.82. The number of likely N-dealkylation sites (N-methyl/N-ethyl adjacent to an activating group) is 1. The number of imide groups is 1. The van der Waals surface area contributed by atoms with Gasteiger partial charge in [-0.15, -0.1) is 0 Å². The Balaban J connectivity index is 1.50. The Labute approximate surface area is 231 Å². The number of para-hydroxylation sites is 1. The van der Waals surface area contributed by atoms with Gasteiger partial charge in [0.2, 0.25) is 0 Å². The molecule has 1 aliphatic rings. The van der Waals surface area contributed by atoms with Crippen molar-refractivity contribution in [3.05, 3.63) is 102 Å². The Morgan fingerprint density at radius 1 is 0.900 bits per heavy atom. The third-order valence-corrected chi connectivity index (χ3v) is 7.14. The van der Waals surface area contributed by atoms with Gasteiger partial charge >= 0.3 is 0 Å². The monoisotopic (exact) mass is 534 g/mol. The Morgan fingerprint density at radius 3 is 2.40 bits per heavy atom. The molecule has 3 heterocycles. The summed E-state index contributed by atoms with van der Waals surface area (Å²) in [5.41, 5.74) is 4.66. The van der Waals surface area contributed by atoms with Gasteiger partial charge in [0.15, 0.2) is 0 Å². The molecule has 1 unspecified atom stereocenters. The zero-order valence-corrected chi connectivity index (χ0v) is 22.3. The third kappa shape index (κ3) is 4.79. The first kappa shape index (κ1) is 25.6. The Bertz CT molecular complexity index is 1760. The van der Waals surface area contributed by atoms with E-state index in [2.05, 4.69) is 10.3 Å². The lowest BCUT2D eigenvalue weighted by Crippen LogP contribution is -2.29. The highest BCUT2D eigenvalue weighted by Crippen LogP contribution is 2.39. The Hall–Kier alpha value is -4.66. The lowest BCUT2D eigenvalue weighted by atomic mass is 9.95. The molecule has 2 aromatic heterocycles. The van der Waals surface area contributed by atoms with Crippen LogP contribution in [0.3, 0.4) is 0 Å². The molecule has 1 atom stereocenters. The van der Waals surface area contributed by atoms with E-state index in [4.69, 9.17) is 4.74 Å². The largest absolute Gasteiger partial charge is 0.489 e. The van der Waals surface area contributed by atoms with E-state index >= 15 is 0 Å². The summed E-state index contributed by atoms with van der Waals surface area (Å²) in [5.74, 6) is -0.244. The molecule has 0 fully saturated rings. The fourth-order valence-electron chi connectivity index (χ4n) is 5.41. The van der Waals surface area contributed by atoms with E-state index in [1.54, 1.807) is 6.20 Å². The molecule has 0 bridgehead atoms. The summed E-state index contributed by atoms with van der Waals surface area (Å²) >= 11 is 0. The van der Waals surface area contributed by atoms with Crippen LogP contribution in [0.5, 0.6) is 5.75 Å². The number of fused-ring (bicyclic) bond motifs is 2. The number of aromatic amines is 1. The van der Waals surface area contributed by atoms with Gasteiger partial charge in [-0.05, 0) is 43.9 Å². The van der Waals surface area contributed by atoms with Crippen LogP contribution in [-0.2, 0) is 22.7 Å². The molecule has 1 aliphatic heterocycles. The minimum atomic E-state index is -0.631. The van der Waals surface area contributed by atoms with E-state index in [1.807, 2.05) is 103 Å². The predicted molar refractivity (Wildman–Crippen MR) is 156 cm³/mol. The standard InChI is InChI=1S/C32H30N4O4/c1-35(2)16-21(37)17-36-18-26(24-14-22(12-13-28(24)36)40-19-20-8-4-3-5-9-20)30-29(31(38)34-32(30)39)25-15-33-27-11-7-6-10-23(25)27/h3-15,18,21,33,37H,16-17,19H2,1-2H3,(H,34,38,39). The fraction of sp³-hybridized carbons (Fsp3) is 0.188. The van der Waals surface area contributed by atoms with Crippen molar-refractivity contribution in [1.29, 1.82) is 0 Å². The molecule has 0 radical (unpaired) electrons. The predicted octanol–water partition coefficient (Wildman–Crippen LogP) is 4.19. The first-order valence-corrected chi connectivity index (χ1v) is 13.2. The molecule has 3 aromatic carbocycles. The van der Waals surface area contributed by atoms with Crippen LogP contribution in [0.2, 0.25) is 0 Å². The van der Waals surface area contributed by atoms with Crippen LogP contribution in [0.25, 0.3) is 33.0 Å². The van der Waals surface area contributed by atoms with Crippen molar-refractivity contribution in [2.45, 2.75) is 19.3 Å². The van der Waals surface area contributed by atoms with E-state index in [9.17, 15) is 14.7 Å². The molecule has 0 saturated heterocycles. The Kier molecular flexibility index (Phi) is 6.71. The number of H-pyrrole nitrogens is 1. The second-order valence-corrected chi connectivity index (χ2v) is 10.3. The van der Waals surface area contributed by atoms with Crippen molar-refractivity contribution < 1.29 is 19.4 Å². The number of rotatable bonds is 9. The van der Waals surface area contributed by atoms with E-state index in [-0.39, 0.29) is 0 Å². The van der Waals surface area contributed by atoms with Crippen molar-refractivity contribution in [2.75, 3.05) is 20.6 Å². The molecule has 202 valence electrons. The number of carbonyl (C=O) groups excluding carboxylic acids is 2. The highest BCUT2D eigenvalue weighted by Gasteiger charge is 2.35. The number of aliphatic hydroxyl groups excluding tert-OH is 1. The molecule has 0 saturated carbocycles. The van der Waals surface area contributed by atoms with Crippen molar-refractivity contribution in [3.8, 4) is 5.75 Å². The van der Waals surface area contributed by atoms with Crippen LogP contribution in [0.1, 0.15) is 16.7 Å². The molecule has 0 spiro atoms. The average molecular weight is 535 g/mol. The SMILES string of the molecule is CN(C)CC(O)Cn1cc(C2=C(c3c[nH]c4ccccc34)C(=O)NC2=O)c2cc(OCc3ccccc3)ccc21. The van der Waals surface area contributed by atoms with Crippen LogP contribution in [0, 0.1) is 0 Å². The molecule has 3 N–H and O–H groups in total. The van der Waals surface area contributed by atoms with Crippen molar-refractivity contribution in [1.82, 2.24) is 19.8 Å². The zero-order valence-electron chi connectivity index (χ0n) is 22.3. The summed E-state index contributed by atoms with van der Waals surface area (Å²) < 4.78 is 8.05. The molecule has 40 heavy (non-hydrogen) atoms. The summed E-state index contributed by atoms with van der Waals surface area (Å²) in [6.07, 6.45) is 2.99. The number of nitrogens with zero attached hydrogens (tertiary/aromatic N) is 2. The molecule has 5 aromatic rings. The lowest BCUT2D eigenvalue weighted by molar-refractivity contribution is -0.122. The second-order valence-electron chi connectivity index (χ2n) is 10.3. The van der Waals surface area contributed by atoms with Gasteiger partial charge in [-0.3, -0.25) is 14.9 Å². The molecular weight excluding hydrogens is 504 g/mol. The van der Waals surface area contributed by atoms with Gasteiger partial charge in [-0.2, -0.15) is 0 Å². The smallest absolute Gasteiger partial charge is 0.259 e. The molecular formula is C32H30N4O4. The van der Waals surface area contributed by atoms with Gasteiger partial charge in [0.25, 0.3) is 11.8 Å². The van der Waals surface area contributed by atoms with Crippen LogP contribution < -0.4 is 10.1 Å². The summed E-state index contributed by atoms with van der Waals surface area (Å²) in [6, 6.07) is 23.3. The normalized spacial score (nSPS) is 14.5. The molecule has 0 aliphatic carbocycles. The van der Waals surface area contributed by atoms with E-state index < -0.39 is 17.9 Å². The first-order valence-electron chi connectivity index (χ1n) is 13.2. The minimum absolute atomic E-state index is 0.306. The fourth-order valence-corrected chi connectivity index (χ4v) is 5.41. The van der Waals surface area contributed by atoms with Crippen molar-refractivity contribution in [3.63, 3.8) is 0 Å². The number of carbonyl (C=O) groups is 2. The summed E-state index contributed by atoms with van der Waals surface area (Å²) in [5, 5.41) is 14.9. The van der Waals surface area contributed by atoms with E-state index in [1.165, 1.54) is 0 Å². The van der Waals surface area contributed by atoms with Gasteiger partial charge in [-0.1, -0.05) is 48.5 Å². The number of hydrogen-bond donors (Lipinski definition) is 3. The number of aromatic nitrogens is 2. The number of amides is 2. The van der Waals surface area contributed by atoms with Crippen LogP contribution >= 0.6 is 0 Å². The topological polar surface area (TPSA) is 99.6 Å².